The summed E-state index contributed by atoms with van der Waals surface area (Å²) in [4.78, 5) is 27.3. The number of methoxy groups -OCH3 is 1. The molecule has 1 aliphatic heterocycles. The molecule has 0 radical (unpaired) electrons. The van der Waals surface area contributed by atoms with Gasteiger partial charge in [-0.05, 0) is 36.4 Å². The molecule has 1 N–H and O–H groups in total. The van der Waals surface area contributed by atoms with Crippen LogP contribution in [0.25, 0.3) is 11.0 Å². The number of hydrogen-bond acceptors (Lipinski definition) is 6. The summed E-state index contributed by atoms with van der Waals surface area (Å²) in [6.07, 6.45) is 1.73. The Balaban J connectivity index is 1.45. The molecular formula is C22H19N3O4S. The van der Waals surface area contributed by atoms with E-state index in [-0.39, 0.29) is 18.2 Å². The lowest BCUT2D eigenvalue weighted by Crippen LogP contribution is -2.45. The largest absolute Gasteiger partial charge is 0.497 e. The van der Waals surface area contributed by atoms with E-state index in [0.29, 0.717) is 34.2 Å². The number of furan rings is 1. The zero-order valence-electron chi connectivity index (χ0n) is 16.3. The minimum atomic E-state index is -0.545. The van der Waals surface area contributed by atoms with Crippen molar-refractivity contribution in [3.63, 3.8) is 0 Å². The lowest BCUT2D eigenvalue weighted by molar-refractivity contribution is -0.135. The van der Waals surface area contributed by atoms with Crippen LogP contribution in [0.4, 0.5) is 5.69 Å². The van der Waals surface area contributed by atoms with Crippen molar-refractivity contribution >= 4 is 40.2 Å². The number of rotatable bonds is 5. The van der Waals surface area contributed by atoms with Gasteiger partial charge in [-0.3, -0.25) is 9.59 Å². The van der Waals surface area contributed by atoms with Crippen molar-refractivity contribution in [1.82, 2.24) is 4.90 Å². The van der Waals surface area contributed by atoms with Crippen molar-refractivity contribution in [2.24, 2.45) is 0 Å². The molecule has 1 unspecified atom stereocenters. The molecule has 3 aromatic rings. The van der Waals surface area contributed by atoms with Crippen molar-refractivity contribution in [3.8, 4) is 11.8 Å². The molecule has 152 valence electrons. The number of hydrogen-bond donors (Lipinski definition) is 1. The Morgan fingerprint density at radius 1 is 1.30 bits per heavy atom. The molecule has 2 amide bonds. The fourth-order valence-electron chi connectivity index (χ4n) is 3.35. The lowest BCUT2D eigenvalue weighted by Gasteiger charge is -2.23. The minimum Gasteiger partial charge on any atom is -0.497 e. The third-order valence-electron chi connectivity index (χ3n) is 4.99. The first-order chi connectivity index (χ1) is 14.6. The van der Waals surface area contributed by atoms with Crippen molar-refractivity contribution in [1.29, 1.82) is 5.26 Å². The molecule has 2 heterocycles. The summed E-state index contributed by atoms with van der Waals surface area (Å²) in [5, 5.41) is 12.6. The SMILES string of the molecule is COc1ccc2c(CC(=O)N3CSCC3C(=O)Nc3ccc(C#N)cc3)coc2c1. The molecule has 1 fully saturated rings. The Labute approximate surface area is 177 Å². The summed E-state index contributed by atoms with van der Waals surface area (Å²) in [5.74, 6) is 1.33. The Hall–Kier alpha value is -3.44. The molecule has 4 rings (SSSR count). The summed E-state index contributed by atoms with van der Waals surface area (Å²) in [6.45, 7) is 0. The first-order valence-corrected chi connectivity index (χ1v) is 10.5. The van der Waals surface area contributed by atoms with E-state index < -0.39 is 6.04 Å². The van der Waals surface area contributed by atoms with Gasteiger partial charge in [0.2, 0.25) is 11.8 Å². The standard InChI is InChI=1S/C22H19N3O4S/c1-28-17-6-7-18-15(11-29-20(18)9-17)8-21(26)25-13-30-12-19(25)22(27)24-16-4-2-14(10-23)3-5-16/h2-7,9,11,19H,8,12-13H2,1H3,(H,24,27). The number of benzene rings is 2. The number of nitrogens with one attached hydrogen (secondary N) is 1. The third-order valence-corrected chi connectivity index (χ3v) is 6.00. The van der Waals surface area contributed by atoms with Crippen LogP contribution in [0.5, 0.6) is 5.75 Å². The first-order valence-electron chi connectivity index (χ1n) is 9.31. The molecular weight excluding hydrogens is 402 g/mol. The molecule has 1 aliphatic rings. The predicted octanol–water partition coefficient (Wildman–Crippen LogP) is 3.40. The highest BCUT2D eigenvalue weighted by Crippen LogP contribution is 2.28. The van der Waals surface area contributed by atoms with Crippen molar-refractivity contribution in [2.45, 2.75) is 12.5 Å². The van der Waals surface area contributed by atoms with Crippen LogP contribution in [0, 0.1) is 11.3 Å². The van der Waals surface area contributed by atoms with Crippen LogP contribution in [0.2, 0.25) is 0 Å². The maximum atomic E-state index is 13.0. The predicted molar refractivity (Wildman–Crippen MR) is 114 cm³/mol. The number of carbonyl (C=O) groups excluding carboxylic acids is 2. The summed E-state index contributed by atoms with van der Waals surface area (Å²) in [5.41, 5.74) is 2.55. The normalized spacial score (nSPS) is 15.7. The molecule has 7 nitrogen and oxygen atoms in total. The third kappa shape index (κ3) is 3.98. The summed E-state index contributed by atoms with van der Waals surface area (Å²) < 4.78 is 10.8. The van der Waals surface area contributed by atoms with Gasteiger partial charge in [0.15, 0.2) is 0 Å². The van der Waals surface area contributed by atoms with Gasteiger partial charge in [0, 0.05) is 28.5 Å². The average molecular weight is 421 g/mol. The van der Waals surface area contributed by atoms with Crippen LogP contribution < -0.4 is 10.1 Å². The number of thioether (sulfide) groups is 1. The smallest absolute Gasteiger partial charge is 0.248 e. The maximum Gasteiger partial charge on any atom is 0.248 e. The number of fused-ring (bicyclic) bond motifs is 1. The molecule has 0 saturated carbocycles. The van der Waals surface area contributed by atoms with Gasteiger partial charge >= 0.3 is 0 Å². The number of amides is 2. The number of nitriles is 1. The molecule has 2 aromatic carbocycles. The maximum absolute atomic E-state index is 13.0. The highest BCUT2D eigenvalue weighted by molar-refractivity contribution is 7.99. The second-order valence-corrected chi connectivity index (χ2v) is 7.86. The number of carbonyl (C=O) groups is 2. The zero-order chi connectivity index (χ0) is 21.1. The van der Waals surface area contributed by atoms with E-state index >= 15 is 0 Å². The first kappa shape index (κ1) is 19.9. The number of ether oxygens (including phenoxy) is 1. The van der Waals surface area contributed by atoms with E-state index in [1.165, 1.54) is 0 Å². The van der Waals surface area contributed by atoms with Gasteiger partial charge in [0.05, 0.1) is 37.3 Å². The van der Waals surface area contributed by atoms with Crippen LogP contribution in [0.1, 0.15) is 11.1 Å². The number of nitrogens with zero attached hydrogens (tertiary/aromatic N) is 2. The summed E-state index contributed by atoms with van der Waals surface area (Å²) in [7, 11) is 1.59. The Morgan fingerprint density at radius 2 is 2.10 bits per heavy atom. The Morgan fingerprint density at radius 3 is 2.83 bits per heavy atom. The highest BCUT2D eigenvalue weighted by Gasteiger charge is 2.34. The van der Waals surface area contributed by atoms with Gasteiger partial charge < -0.3 is 19.4 Å². The van der Waals surface area contributed by atoms with E-state index in [9.17, 15) is 9.59 Å². The Kier molecular flexibility index (Phi) is 5.63. The molecule has 0 aliphatic carbocycles. The van der Waals surface area contributed by atoms with Crippen molar-refractivity contribution in [3.05, 3.63) is 59.9 Å². The fourth-order valence-corrected chi connectivity index (χ4v) is 4.53. The van der Waals surface area contributed by atoms with E-state index in [1.54, 1.807) is 60.4 Å². The second-order valence-electron chi connectivity index (χ2n) is 6.86. The van der Waals surface area contributed by atoms with Gasteiger partial charge in [-0.25, -0.2) is 0 Å². The van der Waals surface area contributed by atoms with Gasteiger partial charge in [0.25, 0.3) is 0 Å². The van der Waals surface area contributed by atoms with Gasteiger partial charge in [-0.1, -0.05) is 0 Å². The Bertz CT molecular complexity index is 1130. The van der Waals surface area contributed by atoms with E-state index in [2.05, 4.69) is 5.32 Å². The van der Waals surface area contributed by atoms with Crippen LogP contribution in [-0.2, 0) is 16.0 Å². The van der Waals surface area contributed by atoms with Gasteiger partial charge in [-0.15, -0.1) is 11.8 Å². The molecule has 0 bridgehead atoms. The molecule has 8 heteroatoms. The summed E-state index contributed by atoms with van der Waals surface area (Å²) >= 11 is 1.55. The molecule has 1 saturated heterocycles. The van der Waals surface area contributed by atoms with Gasteiger partial charge in [-0.2, -0.15) is 5.26 Å². The minimum absolute atomic E-state index is 0.126. The quantitative estimate of drug-likeness (QED) is 0.678. The lowest BCUT2D eigenvalue weighted by atomic mass is 10.1. The van der Waals surface area contributed by atoms with E-state index in [0.717, 1.165) is 10.9 Å². The molecule has 1 atom stereocenters. The van der Waals surface area contributed by atoms with Crippen molar-refractivity contribution in [2.75, 3.05) is 24.1 Å². The van der Waals surface area contributed by atoms with E-state index in [4.69, 9.17) is 14.4 Å². The van der Waals surface area contributed by atoms with Gasteiger partial charge in [0.1, 0.15) is 17.4 Å². The van der Waals surface area contributed by atoms with Crippen LogP contribution in [0.3, 0.4) is 0 Å². The van der Waals surface area contributed by atoms with E-state index in [1.807, 2.05) is 18.2 Å². The van der Waals surface area contributed by atoms with Crippen LogP contribution in [0.15, 0.2) is 53.1 Å². The zero-order valence-corrected chi connectivity index (χ0v) is 17.1. The second kappa shape index (κ2) is 8.51. The monoisotopic (exact) mass is 421 g/mol. The average Bonchev–Trinajstić information content (AvgIpc) is 3.41. The van der Waals surface area contributed by atoms with Crippen LogP contribution in [-0.4, -0.2) is 41.5 Å². The van der Waals surface area contributed by atoms with Crippen LogP contribution >= 0.6 is 11.8 Å². The highest BCUT2D eigenvalue weighted by atomic mass is 32.2. The molecule has 0 spiro atoms. The fraction of sp³-hybridized carbons (Fsp3) is 0.227. The topological polar surface area (TPSA) is 95.6 Å². The molecule has 30 heavy (non-hydrogen) atoms. The number of anilines is 1. The molecule has 1 aromatic heterocycles. The summed E-state index contributed by atoms with van der Waals surface area (Å²) in [6, 6.07) is 13.6. The van der Waals surface area contributed by atoms with Crippen molar-refractivity contribution < 1.29 is 18.7 Å².